The van der Waals surface area contributed by atoms with Crippen molar-refractivity contribution < 1.29 is 39.9 Å². The van der Waals surface area contributed by atoms with Crippen molar-refractivity contribution in [3.05, 3.63) is 102 Å². The second kappa shape index (κ2) is 9.14. The summed E-state index contributed by atoms with van der Waals surface area (Å²) in [5.41, 5.74) is -6.16. The summed E-state index contributed by atoms with van der Waals surface area (Å²) in [4.78, 5) is 0.0711. The van der Waals surface area contributed by atoms with E-state index in [0.717, 1.165) is 17.7 Å². The second-order valence-corrected chi connectivity index (χ2v) is 11.2. The van der Waals surface area contributed by atoms with Gasteiger partial charge in [-0.15, -0.1) is 0 Å². The molecule has 0 spiro atoms. The molecule has 1 heterocycles. The quantitative estimate of drug-likeness (QED) is 0.418. The molecule has 4 nitrogen and oxygen atoms in total. The normalized spacial score (nSPS) is 21.8. The number of hydrogen-bond donors (Lipinski definition) is 1. The monoisotopic (exact) mass is 543 g/mol. The Morgan fingerprint density at radius 3 is 1.78 bits per heavy atom. The van der Waals surface area contributed by atoms with Gasteiger partial charge in [0.05, 0.1) is 4.90 Å². The maximum absolute atomic E-state index is 13.4. The summed E-state index contributed by atoms with van der Waals surface area (Å²) in [6, 6.07) is 20.0. The molecule has 0 amide bonds. The number of halogens is 6. The van der Waals surface area contributed by atoms with E-state index < -0.39 is 44.9 Å². The van der Waals surface area contributed by atoms with Crippen molar-refractivity contribution in [2.75, 3.05) is 13.1 Å². The molecule has 0 aromatic heterocycles. The highest BCUT2D eigenvalue weighted by Crippen LogP contribution is 2.51. The summed E-state index contributed by atoms with van der Waals surface area (Å²) in [7, 11) is -3.93. The molecule has 4 rings (SSSR count). The molecule has 0 unspecified atom stereocenters. The molecule has 1 aliphatic rings. The zero-order chi connectivity index (χ0) is 27.3. The first-order chi connectivity index (χ1) is 17.1. The summed E-state index contributed by atoms with van der Waals surface area (Å²) >= 11 is 0. The molecule has 198 valence electrons. The number of rotatable bonds is 5. The van der Waals surface area contributed by atoms with E-state index in [-0.39, 0.29) is 18.0 Å². The minimum absolute atomic E-state index is 0.0374. The van der Waals surface area contributed by atoms with Crippen LogP contribution < -0.4 is 0 Å². The van der Waals surface area contributed by atoms with Crippen LogP contribution in [-0.2, 0) is 21.0 Å². The third-order valence-corrected chi connectivity index (χ3v) is 8.85. The van der Waals surface area contributed by atoms with Crippen LogP contribution in [0, 0.1) is 0 Å². The fourth-order valence-electron chi connectivity index (χ4n) is 4.90. The predicted molar refractivity (Wildman–Crippen MR) is 124 cm³/mol. The molecule has 1 aliphatic heterocycles. The number of alkyl halides is 6. The highest BCUT2D eigenvalue weighted by Gasteiger charge is 2.71. The molecular weight excluding hydrogens is 520 g/mol. The Bertz CT molecular complexity index is 1330. The summed E-state index contributed by atoms with van der Waals surface area (Å²) in [6.07, 6.45) is -12.0. The summed E-state index contributed by atoms with van der Waals surface area (Å²) in [6.45, 7) is 1.80. The van der Waals surface area contributed by atoms with E-state index in [1.54, 1.807) is 48.5 Å². The van der Waals surface area contributed by atoms with Crippen LogP contribution in [-0.4, -0.2) is 43.3 Å². The lowest BCUT2D eigenvalue weighted by atomic mass is 9.71. The zero-order valence-electron chi connectivity index (χ0n) is 19.5. The van der Waals surface area contributed by atoms with Crippen LogP contribution in [0.4, 0.5) is 26.3 Å². The zero-order valence-corrected chi connectivity index (χ0v) is 20.3. The second-order valence-electron chi connectivity index (χ2n) is 9.27. The van der Waals surface area contributed by atoms with Gasteiger partial charge in [0.1, 0.15) is 0 Å². The van der Waals surface area contributed by atoms with E-state index in [9.17, 15) is 39.9 Å². The van der Waals surface area contributed by atoms with Crippen LogP contribution in [0.5, 0.6) is 0 Å². The van der Waals surface area contributed by atoms with Crippen molar-refractivity contribution in [3.8, 4) is 0 Å². The molecule has 0 bridgehead atoms. The van der Waals surface area contributed by atoms with Gasteiger partial charge in [-0.25, -0.2) is 8.42 Å². The van der Waals surface area contributed by atoms with Crippen molar-refractivity contribution in [3.63, 3.8) is 0 Å². The first kappa shape index (κ1) is 27.2. The topological polar surface area (TPSA) is 57.6 Å². The van der Waals surface area contributed by atoms with E-state index in [1.807, 2.05) is 6.92 Å². The Morgan fingerprint density at radius 2 is 1.30 bits per heavy atom. The van der Waals surface area contributed by atoms with Crippen LogP contribution in [0.15, 0.2) is 89.8 Å². The third-order valence-electron chi connectivity index (χ3n) is 7.03. The minimum Gasteiger partial charge on any atom is -0.369 e. The number of benzene rings is 3. The van der Waals surface area contributed by atoms with E-state index in [1.165, 1.54) is 16.4 Å². The molecule has 0 saturated carbocycles. The largest absolute Gasteiger partial charge is 0.430 e. The van der Waals surface area contributed by atoms with Crippen LogP contribution in [0.25, 0.3) is 0 Å². The fraction of sp³-hybridized carbons (Fsp3) is 0.308. The highest BCUT2D eigenvalue weighted by atomic mass is 32.2. The molecule has 3 aromatic rings. The average molecular weight is 544 g/mol. The summed E-state index contributed by atoms with van der Waals surface area (Å²) in [5.74, 6) is -0.604. The maximum atomic E-state index is 13.4. The van der Waals surface area contributed by atoms with Crippen LogP contribution in [0.3, 0.4) is 0 Å². The van der Waals surface area contributed by atoms with E-state index in [0.29, 0.717) is 17.7 Å². The lowest BCUT2D eigenvalue weighted by molar-refractivity contribution is -0.376. The van der Waals surface area contributed by atoms with Gasteiger partial charge >= 0.3 is 12.4 Å². The molecule has 0 aliphatic carbocycles. The van der Waals surface area contributed by atoms with Crippen molar-refractivity contribution >= 4 is 10.0 Å². The predicted octanol–water partition coefficient (Wildman–Crippen LogP) is 5.74. The average Bonchev–Trinajstić information content (AvgIpc) is 3.23. The maximum Gasteiger partial charge on any atom is 0.430 e. The Balaban J connectivity index is 1.78. The van der Waals surface area contributed by atoms with Gasteiger partial charge in [-0.1, -0.05) is 79.7 Å². The van der Waals surface area contributed by atoms with Crippen molar-refractivity contribution in [2.24, 2.45) is 0 Å². The van der Waals surface area contributed by atoms with Gasteiger partial charge in [-0.05, 0) is 23.3 Å². The van der Waals surface area contributed by atoms with E-state index in [2.05, 4.69) is 0 Å². The third kappa shape index (κ3) is 4.53. The van der Waals surface area contributed by atoms with Gasteiger partial charge in [0, 0.05) is 30.0 Å². The Kier molecular flexibility index (Phi) is 6.71. The molecule has 1 saturated heterocycles. The van der Waals surface area contributed by atoms with Gasteiger partial charge < -0.3 is 5.11 Å². The SMILES string of the molecule is C[C@]1(c2ccccc2)CN(S(=O)(=O)c2ccccc2)C[C@H]1c1ccc(C(O)(C(F)(F)F)C(F)(F)F)cc1. The standard InChI is InChI=1S/C26H23F6NO3S/c1-23(19-8-4-2-5-9-19)17-33(37(35,36)21-10-6-3-7-11-21)16-22(23)18-12-14-20(15-13-18)24(34,25(27,28)29)26(30,31)32/h2-15,22,34H,16-17H2,1H3/t22-,23+/m0/s1. The van der Waals surface area contributed by atoms with Crippen LogP contribution in [0.2, 0.25) is 0 Å². The number of sulfonamides is 1. The minimum atomic E-state index is -6.00. The number of hydrogen-bond acceptors (Lipinski definition) is 3. The Hall–Kier alpha value is -2.89. The van der Waals surface area contributed by atoms with Gasteiger partial charge in [0.2, 0.25) is 10.0 Å². The van der Waals surface area contributed by atoms with Crippen molar-refractivity contribution in [2.45, 2.75) is 41.1 Å². The Morgan fingerprint density at radius 1 is 0.811 bits per heavy atom. The van der Waals surface area contributed by atoms with Crippen molar-refractivity contribution in [1.29, 1.82) is 0 Å². The molecular formula is C26H23F6NO3S. The lowest BCUT2D eigenvalue weighted by Gasteiger charge is -2.34. The van der Waals surface area contributed by atoms with Gasteiger partial charge in [-0.3, -0.25) is 0 Å². The molecule has 1 N–H and O–H groups in total. The van der Waals surface area contributed by atoms with Crippen LogP contribution in [0.1, 0.15) is 29.5 Å². The molecule has 37 heavy (non-hydrogen) atoms. The van der Waals surface area contributed by atoms with Crippen LogP contribution >= 0.6 is 0 Å². The van der Waals surface area contributed by atoms with Gasteiger partial charge in [0.15, 0.2) is 0 Å². The molecule has 1 fully saturated rings. The van der Waals surface area contributed by atoms with E-state index >= 15 is 0 Å². The summed E-state index contributed by atoms with van der Waals surface area (Å²) in [5, 5.41) is 9.73. The Labute approximate surface area is 210 Å². The van der Waals surface area contributed by atoms with Gasteiger partial charge in [0.25, 0.3) is 5.60 Å². The fourth-order valence-corrected chi connectivity index (χ4v) is 6.48. The summed E-state index contributed by atoms with van der Waals surface area (Å²) < 4.78 is 108. The van der Waals surface area contributed by atoms with Crippen molar-refractivity contribution in [1.82, 2.24) is 4.31 Å². The number of nitrogens with zero attached hydrogens (tertiary/aromatic N) is 1. The smallest absolute Gasteiger partial charge is 0.369 e. The lowest BCUT2D eigenvalue weighted by Crippen LogP contribution is -2.53. The molecule has 3 aromatic carbocycles. The molecule has 11 heteroatoms. The highest BCUT2D eigenvalue weighted by molar-refractivity contribution is 7.89. The first-order valence-electron chi connectivity index (χ1n) is 11.2. The number of aliphatic hydroxyl groups is 1. The van der Waals surface area contributed by atoms with Gasteiger partial charge in [-0.2, -0.15) is 30.6 Å². The first-order valence-corrected chi connectivity index (χ1v) is 12.6. The molecule has 0 radical (unpaired) electrons. The molecule has 2 atom stereocenters. The van der Waals surface area contributed by atoms with E-state index in [4.69, 9.17) is 0 Å².